The summed E-state index contributed by atoms with van der Waals surface area (Å²) < 4.78 is 5.47. The maximum Gasteiger partial charge on any atom is 0.339 e. The van der Waals surface area contributed by atoms with Gasteiger partial charge in [0.1, 0.15) is 23.3 Å². The number of aromatic carboxylic acids is 1. The Kier molecular flexibility index (Phi) is 3.38. The highest BCUT2D eigenvalue weighted by Gasteiger charge is 2.10. The van der Waals surface area contributed by atoms with Gasteiger partial charge in [-0.2, -0.15) is 0 Å². The summed E-state index contributed by atoms with van der Waals surface area (Å²) in [4.78, 5) is 21.6. The van der Waals surface area contributed by atoms with Crippen LogP contribution >= 0.6 is 0 Å². The molecular weight excluding hydrogens is 232 g/mol. The van der Waals surface area contributed by atoms with Crippen molar-refractivity contribution in [3.63, 3.8) is 0 Å². The Bertz CT molecular complexity index is 590. The van der Waals surface area contributed by atoms with E-state index >= 15 is 0 Å². The van der Waals surface area contributed by atoms with Gasteiger partial charge in [0.25, 0.3) is 0 Å². The van der Waals surface area contributed by atoms with E-state index in [1.54, 1.807) is 42.5 Å². The zero-order valence-electron chi connectivity index (χ0n) is 9.37. The molecule has 0 aliphatic rings. The third kappa shape index (κ3) is 2.55. The minimum absolute atomic E-state index is 0.0778. The number of aldehydes is 1. The summed E-state index contributed by atoms with van der Waals surface area (Å²) in [5.74, 6) is -0.390. The molecule has 1 N–H and O–H groups in total. The van der Waals surface area contributed by atoms with E-state index in [0.29, 0.717) is 17.6 Å². The van der Waals surface area contributed by atoms with Gasteiger partial charge >= 0.3 is 5.97 Å². The highest BCUT2D eigenvalue weighted by Crippen LogP contribution is 2.25. The van der Waals surface area contributed by atoms with E-state index in [-0.39, 0.29) is 11.3 Å². The molecule has 0 radical (unpaired) electrons. The van der Waals surface area contributed by atoms with Crippen LogP contribution in [-0.4, -0.2) is 17.4 Å². The number of ether oxygens (including phenoxy) is 1. The molecule has 0 spiro atoms. The van der Waals surface area contributed by atoms with Crippen molar-refractivity contribution in [3.8, 4) is 11.5 Å². The van der Waals surface area contributed by atoms with Gasteiger partial charge in [-0.05, 0) is 24.3 Å². The zero-order chi connectivity index (χ0) is 13.0. The molecule has 0 bridgehead atoms. The number of benzene rings is 2. The second-order valence-electron chi connectivity index (χ2n) is 3.59. The van der Waals surface area contributed by atoms with Crippen LogP contribution in [0.3, 0.4) is 0 Å². The van der Waals surface area contributed by atoms with Gasteiger partial charge in [0.05, 0.1) is 0 Å². The maximum atomic E-state index is 11.0. The lowest BCUT2D eigenvalue weighted by molar-refractivity contribution is 0.0694. The van der Waals surface area contributed by atoms with Crippen molar-refractivity contribution in [2.24, 2.45) is 0 Å². The molecule has 0 aromatic heterocycles. The van der Waals surface area contributed by atoms with Gasteiger partial charge < -0.3 is 9.84 Å². The molecular formula is C14H10O4. The number of carbonyl (C=O) groups excluding carboxylic acids is 1. The molecule has 4 nitrogen and oxygen atoms in total. The smallest absolute Gasteiger partial charge is 0.339 e. The van der Waals surface area contributed by atoms with Gasteiger partial charge in [0.2, 0.25) is 0 Å². The SMILES string of the molecule is O=Cc1cccc(Oc2ccccc2C(=O)O)c1. The lowest BCUT2D eigenvalue weighted by Crippen LogP contribution is -1.99. The lowest BCUT2D eigenvalue weighted by Gasteiger charge is -2.08. The van der Waals surface area contributed by atoms with Crippen molar-refractivity contribution >= 4 is 12.3 Å². The standard InChI is InChI=1S/C14H10O4/c15-9-10-4-3-5-11(8-10)18-13-7-2-1-6-12(13)14(16)17/h1-9H,(H,16,17). The predicted octanol–water partition coefficient (Wildman–Crippen LogP) is 2.99. The van der Waals surface area contributed by atoms with E-state index in [4.69, 9.17) is 9.84 Å². The van der Waals surface area contributed by atoms with Crippen LogP contribution in [0.25, 0.3) is 0 Å². The van der Waals surface area contributed by atoms with E-state index in [9.17, 15) is 9.59 Å². The fraction of sp³-hybridized carbons (Fsp3) is 0. The van der Waals surface area contributed by atoms with Crippen molar-refractivity contribution < 1.29 is 19.4 Å². The zero-order valence-corrected chi connectivity index (χ0v) is 9.37. The topological polar surface area (TPSA) is 63.6 Å². The molecule has 0 saturated carbocycles. The Balaban J connectivity index is 2.33. The van der Waals surface area contributed by atoms with Crippen molar-refractivity contribution in [2.75, 3.05) is 0 Å². The molecule has 18 heavy (non-hydrogen) atoms. The molecule has 4 heteroatoms. The molecule has 0 unspecified atom stereocenters. The maximum absolute atomic E-state index is 11.0. The fourth-order valence-corrected chi connectivity index (χ4v) is 1.51. The summed E-state index contributed by atoms with van der Waals surface area (Å²) in [6, 6.07) is 12.9. The third-order valence-electron chi connectivity index (χ3n) is 2.34. The largest absolute Gasteiger partial charge is 0.478 e. The lowest BCUT2D eigenvalue weighted by atomic mass is 10.2. The first-order valence-electron chi connectivity index (χ1n) is 5.26. The average molecular weight is 242 g/mol. The number of carbonyl (C=O) groups is 2. The molecule has 0 aliphatic carbocycles. The molecule has 0 aliphatic heterocycles. The molecule has 2 aromatic rings. The van der Waals surface area contributed by atoms with E-state index in [2.05, 4.69) is 0 Å². The monoisotopic (exact) mass is 242 g/mol. The van der Waals surface area contributed by atoms with Gasteiger partial charge in [-0.15, -0.1) is 0 Å². The quantitative estimate of drug-likeness (QED) is 0.837. The van der Waals surface area contributed by atoms with Crippen LogP contribution in [0.1, 0.15) is 20.7 Å². The first kappa shape index (κ1) is 11.9. The summed E-state index contributed by atoms with van der Waals surface area (Å²) in [7, 11) is 0. The van der Waals surface area contributed by atoms with Crippen LogP contribution in [0.5, 0.6) is 11.5 Å². The van der Waals surface area contributed by atoms with Gasteiger partial charge in [-0.3, -0.25) is 4.79 Å². The Morgan fingerprint density at radius 2 is 1.89 bits per heavy atom. The van der Waals surface area contributed by atoms with E-state index in [1.165, 1.54) is 6.07 Å². The number of carboxylic acids is 1. The minimum Gasteiger partial charge on any atom is -0.478 e. The van der Waals surface area contributed by atoms with Crippen LogP contribution in [0.4, 0.5) is 0 Å². The fourth-order valence-electron chi connectivity index (χ4n) is 1.51. The third-order valence-corrected chi connectivity index (χ3v) is 2.34. The first-order valence-corrected chi connectivity index (χ1v) is 5.26. The highest BCUT2D eigenvalue weighted by atomic mass is 16.5. The number of hydrogen-bond donors (Lipinski definition) is 1. The van der Waals surface area contributed by atoms with E-state index in [0.717, 1.165) is 0 Å². The van der Waals surface area contributed by atoms with Crippen LogP contribution in [0, 0.1) is 0 Å². The van der Waals surface area contributed by atoms with E-state index < -0.39 is 5.97 Å². The molecule has 0 atom stereocenters. The summed E-state index contributed by atoms with van der Waals surface area (Å²) in [6.45, 7) is 0. The molecule has 90 valence electrons. The molecule has 0 heterocycles. The number of para-hydroxylation sites is 1. The van der Waals surface area contributed by atoms with Crippen LogP contribution < -0.4 is 4.74 Å². The van der Waals surface area contributed by atoms with Crippen molar-refractivity contribution in [3.05, 3.63) is 59.7 Å². The summed E-state index contributed by atoms with van der Waals surface area (Å²) in [6.07, 6.45) is 0.704. The van der Waals surface area contributed by atoms with Gasteiger partial charge in [0, 0.05) is 5.56 Å². The van der Waals surface area contributed by atoms with Gasteiger partial charge in [0.15, 0.2) is 0 Å². The van der Waals surface area contributed by atoms with Crippen molar-refractivity contribution in [2.45, 2.75) is 0 Å². The second-order valence-corrected chi connectivity index (χ2v) is 3.59. The van der Waals surface area contributed by atoms with Crippen LogP contribution in [-0.2, 0) is 0 Å². The normalized spacial score (nSPS) is 9.78. The number of rotatable bonds is 4. The Hall–Kier alpha value is -2.62. The molecule has 0 fully saturated rings. The summed E-state index contributed by atoms with van der Waals surface area (Å²) in [5.41, 5.74) is 0.550. The minimum atomic E-state index is -1.06. The molecule has 2 aromatic carbocycles. The van der Waals surface area contributed by atoms with Crippen LogP contribution in [0.2, 0.25) is 0 Å². The average Bonchev–Trinajstić information content (AvgIpc) is 2.39. The van der Waals surface area contributed by atoms with E-state index in [1.807, 2.05) is 0 Å². The van der Waals surface area contributed by atoms with Gasteiger partial charge in [-0.25, -0.2) is 4.79 Å². The highest BCUT2D eigenvalue weighted by molar-refractivity contribution is 5.91. The first-order chi connectivity index (χ1) is 8.70. The second kappa shape index (κ2) is 5.14. The Labute approximate surface area is 103 Å². The summed E-state index contributed by atoms with van der Waals surface area (Å²) in [5, 5.41) is 9.01. The number of carboxylic acid groups (broad SMARTS) is 1. The Morgan fingerprint density at radius 1 is 1.11 bits per heavy atom. The molecule has 0 amide bonds. The molecule has 0 saturated heterocycles. The number of hydrogen-bond acceptors (Lipinski definition) is 3. The van der Waals surface area contributed by atoms with Crippen molar-refractivity contribution in [1.29, 1.82) is 0 Å². The molecule has 2 rings (SSSR count). The van der Waals surface area contributed by atoms with Crippen molar-refractivity contribution in [1.82, 2.24) is 0 Å². The predicted molar refractivity (Wildman–Crippen MR) is 65.3 cm³/mol. The summed E-state index contributed by atoms with van der Waals surface area (Å²) >= 11 is 0. The van der Waals surface area contributed by atoms with Gasteiger partial charge in [-0.1, -0.05) is 24.3 Å². The Morgan fingerprint density at radius 3 is 2.61 bits per heavy atom. The van der Waals surface area contributed by atoms with Crippen LogP contribution in [0.15, 0.2) is 48.5 Å².